The van der Waals surface area contributed by atoms with E-state index in [1.165, 1.54) is 6.26 Å². The van der Waals surface area contributed by atoms with Gasteiger partial charge in [-0.15, -0.1) is 24.0 Å². The summed E-state index contributed by atoms with van der Waals surface area (Å²) in [6.07, 6.45) is 3.36. The summed E-state index contributed by atoms with van der Waals surface area (Å²) in [6, 6.07) is 0.0138. The van der Waals surface area contributed by atoms with Gasteiger partial charge < -0.3 is 20.3 Å². The number of carbonyl (C=O) groups excluding carboxylic acids is 1. The summed E-state index contributed by atoms with van der Waals surface area (Å²) in [4.78, 5) is 18.1. The SMILES string of the molecule is CN=C(NCC1CCN(C(=O)OC(C)(C)C)CC1)NC(C)CCS(C)(=O)=O.I. The van der Waals surface area contributed by atoms with E-state index in [4.69, 9.17) is 4.74 Å². The third-order valence-electron chi connectivity index (χ3n) is 4.35. The smallest absolute Gasteiger partial charge is 0.410 e. The van der Waals surface area contributed by atoms with Crippen LogP contribution in [0, 0.1) is 5.92 Å². The molecule has 1 saturated heterocycles. The highest BCUT2D eigenvalue weighted by molar-refractivity contribution is 14.0. The first-order valence-corrected chi connectivity index (χ1v) is 11.6. The second-order valence-electron chi connectivity index (χ2n) is 8.33. The molecule has 1 unspecified atom stereocenters. The van der Waals surface area contributed by atoms with E-state index >= 15 is 0 Å². The van der Waals surface area contributed by atoms with E-state index in [9.17, 15) is 13.2 Å². The van der Waals surface area contributed by atoms with Crippen LogP contribution >= 0.6 is 24.0 Å². The monoisotopic (exact) mass is 532 g/mol. The van der Waals surface area contributed by atoms with Gasteiger partial charge >= 0.3 is 6.09 Å². The maximum absolute atomic E-state index is 12.1. The minimum absolute atomic E-state index is 0. The van der Waals surface area contributed by atoms with Crippen molar-refractivity contribution in [2.75, 3.05) is 38.7 Å². The molecule has 1 amide bonds. The van der Waals surface area contributed by atoms with Crippen LogP contribution in [0.1, 0.15) is 47.0 Å². The van der Waals surface area contributed by atoms with E-state index in [1.54, 1.807) is 11.9 Å². The molecule has 0 aromatic heterocycles. The molecule has 1 fully saturated rings. The van der Waals surface area contributed by atoms with E-state index in [1.807, 2.05) is 27.7 Å². The molecule has 1 aliphatic rings. The fourth-order valence-electron chi connectivity index (χ4n) is 2.78. The van der Waals surface area contributed by atoms with E-state index < -0.39 is 15.4 Å². The van der Waals surface area contributed by atoms with Gasteiger partial charge in [0.2, 0.25) is 0 Å². The number of ether oxygens (including phenoxy) is 1. The lowest BCUT2D eigenvalue weighted by Crippen LogP contribution is -2.47. The summed E-state index contributed by atoms with van der Waals surface area (Å²) in [6.45, 7) is 9.71. The highest BCUT2D eigenvalue weighted by Gasteiger charge is 2.26. The molecule has 1 rings (SSSR count). The Morgan fingerprint density at radius 3 is 2.32 bits per heavy atom. The standard InChI is InChI=1S/C18H36N4O4S.HI/c1-14(9-12-27(6,24)25)21-16(19-5)20-13-15-7-10-22(11-8-15)17(23)26-18(2,3)4;/h14-15H,7-13H2,1-6H3,(H2,19,20,21);1H. The van der Waals surface area contributed by atoms with Gasteiger partial charge in [-0.1, -0.05) is 0 Å². The Kier molecular flexibility index (Phi) is 11.7. The predicted octanol–water partition coefficient (Wildman–Crippen LogP) is 2.24. The lowest BCUT2D eigenvalue weighted by atomic mass is 9.97. The van der Waals surface area contributed by atoms with Crippen molar-refractivity contribution >= 4 is 45.9 Å². The van der Waals surface area contributed by atoms with Crippen molar-refractivity contribution in [3.63, 3.8) is 0 Å². The van der Waals surface area contributed by atoms with Crippen molar-refractivity contribution in [2.24, 2.45) is 10.9 Å². The second-order valence-corrected chi connectivity index (χ2v) is 10.6. The van der Waals surface area contributed by atoms with Crippen LogP contribution in [0.25, 0.3) is 0 Å². The van der Waals surface area contributed by atoms with Crippen LogP contribution in [0.5, 0.6) is 0 Å². The Morgan fingerprint density at radius 2 is 1.86 bits per heavy atom. The summed E-state index contributed by atoms with van der Waals surface area (Å²) in [7, 11) is -1.26. The molecule has 166 valence electrons. The number of guanidine groups is 1. The van der Waals surface area contributed by atoms with Crippen LogP contribution in [0.4, 0.5) is 4.79 Å². The van der Waals surface area contributed by atoms with Gasteiger partial charge in [-0.25, -0.2) is 13.2 Å². The molecule has 0 spiro atoms. The van der Waals surface area contributed by atoms with E-state index in [0.717, 1.165) is 19.4 Å². The van der Waals surface area contributed by atoms with Crippen molar-refractivity contribution < 1.29 is 17.9 Å². The number of amides is 1. The normalized spacial score (nSPS) is 17.5. The van der Waals surface area contributed by atoms with Crippen LogP contribution in [0.2, 0.25) is 0 Å². The lowest BCUT2D eigenvalue weighted by Gasteiger charge is -2.33. The van der Waals surface area contributed by atoms with Crippen molar-refractivity contribution in [3.8, 4) is 0 Å². The fraction of sp³-hybridized carbons (Fsp3) is 0.889. The average molecular weight is 532 g/mol. The van der Waals surface area contributed by atoms with Gasteiger partial charge in [-0.3, -0.25) is 4.99 Å². The highest BCUT2D eigenvalue weighted by Crippen LogP contribution is 2.19. The number of sulfone groups is 1. The van der Waals surface area contributed by atoms with Crippen molar-refractivity contribution in [2.45, 2.75) is 58.6 Å². The van der Waals surface area contributed by atoms with Gasteiger partial charge in [-0.05, 0) is 52.9 Å². The summed E-state index contributed by atoms with van der Waals surface area (Å²) in [5.74, 6) is 1.28. The Balaban J connectivity index is 0.00000729. The molecule has 0 bridgehead atoms. The third-order valence-corrected chi connectivity index (χ3v) is 5.33. The van der Waals surface area contributed by atoms with E-state index in [0.29, 0.717) is 31.4 Å². The van der Waals surface area contributed by atoms with Gasteiger partial charge in [0, 0.05) is 39.0 Å². The maximum Gasteiger partial charge on any atom is 0.410 e. The molecule has 28 heavy (non-hydrogen) atoms. The number of carbonyl (C=O) groups is 1. The summed E-state index contributed by atoms with van der Waals surface area (Å²) in [5, 5.41) is 6.53. The molecule has 0 aliphatic carbocycles. The zero-order valence-electron chi connectivity index (χ0n) is 17.9. The Labute approximate surface area is 187 Å². The highest BCUT2D eigenvalue weighted by atomic mass is 127. The first-order valence-electron chi connectivity index (χ1n) is 9.52. The zero-order chi connectivity index (χ0) is 20.7. The van der Waals surface area contributed by atoms with Gasteiger partial charge in [0.1, 0.15) is 15.4 Å². The van der Waals surface area contributed by atoms with Crippen LogP contribution in [0.15, 0.2) is 4.99 Å². The van der Waals surface area contributed by atoms with E-state index in [2.05, 4.69) is 15.6 Å². The quantitative estimate of drug-likeness (QED) is 0.309. The number of halogens is 1. The molecule has 0 aromatic carbocycles. The topological polar surface area (TPSA) is 100 Å². The average Bonchev–Trinajstić information content (AvgIpc) is 2.55. The lowest BCUT2D eigenvalue weighted by molar-refractivity contribution is 0.0185. The molecule has 2 N–H and O–H groups in total. The fourth-order valence-corrected chi connectivity index (χ4v) is 3.56. The zero-order valence-corrected chi connectivity index (χ0v) is 21.1. The summed E-state index contributed by atoms with van der Waals surface area (Å²) >= 11 is 0. The van der Waals surface area contributed by atoms with Crippen LogP contribution < -0.4 is 10.6 Å². The summed E-state index contributed by atoms with van der Waals surface area (Å²) in [5.41, 5.74) is -0.471. The molecular formula is C18H37IN4O4S. The molecule has 1 aliphatic heterocycles. The van der Waals surface area contributed by atoms with E-state index in [-0.39, 0.29) is 41.9 Å². The van der Waals surface area contributed by atoms with Gasteiger partial charge in [-0.2, -0.15) is 0 Å². The largest absolute Gasteiger partial charge is 0.444 e. The van der Waals surface area contributed by atoms with Gasteiger partial charge in [0.05, 0.1) is 5.75 Å². The molecular weight excluding hydrogens is 495 g/mol. The van der Waals surface area contributed by atoms with Crippen LogP contribution in [0.3, 0.4) is 0 Å². The number of piperidine rings is 1. The van der Waals surface area contributed by atoms with Crippen molar-refractivity contribution in [1.29, 1.82) is 0 Å². The number of aliphatic imine (C=N–C) groups is 1. The number of hydrogen-bond acceptors (Lipinski definition) is 5. The predicted molar refractivity (Wildman–Crippen MR) is 124 cm³/mol. The minimum Gasteiger partial charge on any atom is -0.444 e. The Bertz CT molecular complexity index is 612. The second kappa shape index (κ2) is 12.0. The first-order chi connectivity index (χ1) is 12.4. The van der Waals surface area contributed by atoms with Crippen molar-refractivity contribution in [1.82, 2.24) is 15.5 Å². The number of rotatable bonds is 6. The summed E-state index contributed by atoms with van der Waals surface area (Å²) < 4.78 is 27.9. The number of nitrogens with one attached hydrogen (secondary N) is 2. The molecule has 8 nitrogen and oxygen atoms in total. The molecule has 0 radical (unpaired) electrons. The number of likely N-dealkylation sites (tertiary alicyclic amines) is 1. The molecule has 0 aromatic rings. The maximum atomic E-state index is 12.1. The molecule has 1 heterocycles. The molecule has 0 saturated carbocycles. The number of hydrogen-bond donors (Lipinski definition) is 2. The minimum atomic E-state index is -2.96. The Hall–Kier alpha value is -0.780. The first kappa shape index (κ1) is 27.2. The van der Waals surface area contributed by atoms with Gasteiger partial charge in [0.25, 0.3) is 0 Å². The Morgan fingerprint density at radius 1 is 1.29 bits per heavy atom. The van der Waals surface area contributed by atoms with Crippen LogP contribution in [-0.4, -0.2) is 75.7 Å². The molecule has 10 heteroatoms. The van der Waals surface area contributed by atoms with Crippen LogP contribution in [-0.2, 0) is 14.6 Å². The van der Waals surface area contributed by atoms with Gasteiger partial charge in [0.15, 0.2) is 5.96 Å². The van der Waals surface area contributed by atoms with Crippen molar-refractivity contribution in [3.05, 3.63) is 0 Å². The number of nitrogens with zero attached hydrogens (tertiary/aromatic N) is 2. The molecule has 1 atom stereocenters. The third kappa shape index (κ3) is 11.9.